The van der Waals surface area contributed by atoms with Crippen molar-refractivity contribution in [2.75, 3.05) is 18.0 Å². The molecule has 26 heavy (non-hydrogen) atoms. The summed E-state index contributed by atoms with van der Waals surface area (Å²) in [4.78, 5) is 28.1. The van der Waals surface area contributed by atoms with Crippen LogP contribution in [-0.4, -0.2) is 34.9 Å². The van der Waals surface area contributed by atoms with Crippen LogP contribution in [0.2, 0.25) is 0 Å². The number of para-hydroxylation sites is 1. The highest BCUT2D eigenvalue weighted by Gasteiger charge is 2.47. The number of hydrogen-bond donors (Lipinski definition) is 0. The van der Waals surface area contributed by atoms with Crippen LogP contribution in [0.3, 0.4) is 0 Å². The molecule has 0 aromatic heterocycles. The normalized spacial score (nSPS) is 17.8. The van der Waals surface area contributed by atoms with Crippen molar-refractivity contribution in [3.8, 4) is 24.7 Å². The van der Waals surface area contributed by atoms with E-state index in [0.29, 0.717) is 11.1 Å². The maximum absolute atomic E-state index is 13.2. The van der Waals surface area contributed by atoms with E-state index in [4.69, 9.17) is 12.8 Å². The van der Waals surface area contributed by atoms with Crippen LogP contribution in [0.15, 0.2) is 48.5 Å². The molecule has 0 bridgehead atoms. The van der Waals surface area contributed by atoms with Gasteiger partial charge in [-0.05, 0) is 18.2 Å². The van der Waals surface area contributed by atoms with Gasteiger partial charge in [0.15, 0.2) is 6.17 Å². The molecule has 1 atom stereocenters. The average molecular weight is 341 g/mol. The first-order valence-electron chi connectivity index (χ1n) is 8.16. The minimum atomic E-state index is -0.518. The van der Waals surface area contributed by atoms with E-state index in [0.717, 1.165) is 11.3 Å². The highest BCUT2D eigenvalue weighted by molar-refractivity contribution is 6.06. The van der Waals surface area contributed by atoms with Gasteiger partial charge in [-0.3, -0.25) is 9.59 Å². The van der Waals surface area contributed by atoms with Crippen LogP contribution in [0.25, 0.3) is 0 Å². The van der Waals surface area contributed by atoms with Crippen LogP contribution in [0.4, 0.5) is 5.69 Å². The van der Waals surface area contributed by atoms with E-state index in [1.807, 2.05) is 29.2 Å². The lowest BCUT2D eigenvalue weighted by atomic mass is 9.95. The summed E-state index contributed by atoms with van der Waals surface area (Å²) in [6.07, 6.45) is 10.6. The molecular formula is C21H15N3O2. The lowest BCUT2D eigenvalue weighted by Gasteiger charge is -2.51. The summed E-state index contributed by atoms with van der Waals surface area (Å²) in [5.41, 5.74) is 2.51. The van der Waals surface area contributed by atoms with Crippen molar-refractivity contribution in [2.45, 2.75) is 6.17 Å². The summed E-state index contributed by atoms with van der Waals surface area (Å²) in [6, 6.07) is 14.5. The molecule has 0 saturated carbocycles. The van der Waals surface area contributed by atoms with E-state index in [2.05, 4.69) is 11.8 Å². The number of carbonyl (C=O) groups excluding carboxylic acids is 2. The Morgan fingerprint density at radius 3 is 2.23 bits per heavy atom. The number of carbonyl (C=O) groups is 2. The standard InChI is InChI=1S/C21H15N3O2/c1-3-13-22-18-12-8-7-11-17(18)21(26)24-19(22)15-9-5-6-10-16(15)20(25)23(24)14-4-2/h1-2,5-12,19H,13-14H2/t19-/m1/s1. The smallest absolute Gasteiger partial charge is 0.276 e. The molecule has 126 valence electrons. The second-order valence-corrected chi connectivity index (χ2v) is 6.03. The Morgan fingerprint density at radius 1 is 0.846 bits per heavy atom. The molecule has 2 aliphatic heterocycles. The average Bonchev–Trinajstić information content (AvgIpc) is 2.67. The SMILES string of the molecule is C#CCN1c2ccccc2C(=O)N2[C@@H]1c1ccccc1C(=O)N2CC#C. The van der Waals surface area contributed by atoms with Gasteiger partial charge in [0.2, 0.25) is 0 Å². The number of terminal acetylenes is 2. The Kier molecular flexibility index (Phi) is 3.64. The van der Waals surface area contributed by atoms with Gasteiger partial charge in [0.25, 0.3) is 11.8 Å². The molecule has 0 unspecified atom stereocenters. The third kappa shape index (κ3) is 2.08. The van der Waals surface area contributed by atoms with Crippen LogP contribution < -0.4 is 4.90 Å². The molecule has 5 nitrogen and oxygen atoms in total. The van der Waals surface area contributed by atoms with Gasteiger partial charge in [-0.1, -0.05) is 42.2 Å². The fourth-order valence-electron chi connectivity index (χ4n) is 3.60. The van der Waals surface area contributed by atoms with E-state index in [-0.39, 0.29) is 24.9 Å². The maximum Gasteiger partial charge on any atom is 0.276 e. The van der Waals surface area contributed by atoms with E-state index in [1.54, 1.807) is 24.3 Å². The van der Waals surface area contributed by atoms with Crippen molar-refractivity contribution >= 4 is 17.5 Å². The van der Waals surface area contributed by atoms with E-state index in [9.17, 15) is 9.59 Å². The molecule has 0 aliphatic carbocycles. The van der Waals surface area contributed by atoms with Gasteiger partial charge in [-0.15, -0.1) is 12.8 Å². The molecule has 2 amide bonds. The van der Waals surface area contributed by atoms with E-state index >= 15 is 0 Å². The fraction of sp³-hybridized carbons (Fsp3) is 0.143. The fourth-order valence-corrected chi connectivity index (χ4v) is 3.60. The van der Waals surface area contributed by atoms with Gasteiger partial charge in [-0.2, -0.15) is 0 Å². The highest BCUT2D eigenvalue weighted by atomic mass is 16.2. The van der Waals surface area contributed by atoms with Crippen molar-refractivity contribution < 1.29 is 9.59 Å². The first-order valence-corrected chi connectivity index (χ1v) is 8.16. The monoisotopic (exact) mass is 341 g/mol. The van der Waals surface area contributed by atoms with Crippen molar-refractivity contribution in [3.63, 3.8) is 0 Å². The van der Waals surface area contributed by atoms with E-state index in [1.165, 1.54) is 10.0 Å². The number of benzene rings is 2. The van der Waals surface area contributed by atoms with Crippen LogP contribution in [-0.2, 0) is 0 Å². The molecule has 2 heterocycles. The van der Waals surface area contributed by atoms with Crippen LogP contribution in [0, 0.1) is 24.7 Å². The predicted molar refractivity (Wildman–Crippen MR) is 97.8 cm³/mol. The maximum atomic E-state index is 13.2. The number of amides is 2. The van der Waals surface area contributed by atoms with Gasteiger partial charge in [0.05, 0.1) is 17.8 Å². The Labute approximate surface area is 151 Å². The number of hydrazine groups is 1. The lowest BCUT2D eigenvalue weighted by molar-refractivity contribution is -0.0273. The highest BCUT2D eigenvalue weighted by Crippen LogP contribution is 2.43. The lowest BCUT2D eigenvalue weighted by Crippen LogP contribution is -2.61. The van der Waals surface area contributed by atoms with Gasteiger partial charge in [0.1, 0.15) is 6.54 Å². The summed E-state index contributed by atoms with van der Waals surface area (Å²) >= 11 is 0. The molecule has 0 N–H and O–H groups in total. The molecule has 0 radical (unpaired) electrons. The summed E-state index contributed by atoms with van der Waals surface area (Å²) in [6.45, 7) is 0.291. The Balaban J connectivity index is 2.00. The van der Waals surface area contributed by atoms with Gasteiger partial charge in [0, 0.05) is 11.1 Å². The first kappa shape index (κ1) is 15.8. The van der Waals surface area contributed by atoms with E-state index < -0.39 is 6.17 Å². The second kappa shape index (κ2) is 5.98. The number of hydrogen-bond acceptors (Lipinski definition) is 3. The second-order valence-electron chi connectivity index (χ2n) is 6.03. The molecule has 0 fully saturated rings. The molecule has 2 aliphatic rings. The zero-order valence-corrected chi connectivity index (χ0v) is 13.9. The zero-order chi connectivity index (χ0) is 18.3. The Hall–Kier alpha value is -3.70. The van der Waals surface area contributed by atoms with Gasteiger partial charge >= 0.3 is 0 Å². The van der Waals surface area contributed by atoms with Crippen molar-refractivity contribution in [2.24, 2.45) is 0 Å². The summed E-state index contributed by atoms with van der Waals surface area (Å²) in [7, 11) is 0. The first-order chi connectivity index (χ1) is 12.7. The molecule has 5 heteroatoms. The minimum Gasteiger partial charge on any atom is -0.334 e. The Bertz CT molecular complexity index is 999. The van der Waals surface area contributed by atoms with Gasteiger partial charge in [-0.25, -0.2) is 10.0 Å². The molecule has 4 rings (SSSR count). The zero-order valence-electron chi connectivity index (χ0n) is 13.9. The van der Waals surface area contributed by atoms with Crippen molar-refractivity contribution in [1.29, 1.82) is 0 Å². The Morgan fingerprint density at radius 2 is 1.50 bits per heavy atom. The van der Waals surface area contributed by atoms with Crippen LogP contribution >= 0.6 is 0 Å². The molecule has 2 aromatic rings. The van der Waals surface area contributed by atoms with Crippen molar-refractivity contribution in [1.82, 2.24) is 10.0 Å². The predicted octanol–water partition coefficient (Wildman–Crippen LogP) is 2.28. The molecule has 0 saturated heterocycles. The topological polar surface area (TPSA) is 43.9 Å². The van der Waals surface area contributed by atoms with Gasteiger partial charge < -0.3 is 4.90 Å². The molecule has 0 spiro atoms. The third-order valence-electron chi connectivity index (χ3n) is 4.65. The molecule has 2 aromatic carbocycles. The largest absolute Gasteiger partial charge is 0.334 e. The third-order valence-corrected chi connectivity index (χ3v) is 4.65. The summed E-state index contributed by atoms with van der Waals surface area (Å²) in [5.74, 6) is 4.58. The number of rotatable bonds is 2. The summed E-state index contributed by atoms with van der Waals surface area (Å²) < 4.78 is 0. The van der Waals surface area contributed by atoms with Crippen LogP contribution in [0.1, 0.15) is 32.4 Å². The summed E-state index contributed by atoms with van der Waals surface area (Å²) in [5, 5.41) is 2.76. The van der Waals surface area contributed by atoms with Crippen LogP contribution in [0.5, 0.6) is 0 Å². The molecular weight excluding hydrogens is 326 g/mol. The minimum absolute atomic E-state index is 0.00146. The number of anilines is 1. The van der Waals surface area contributed by atoms with Crippen molar-refractivity contribution in [3.05, 3.63) is 65.2 Å². The quantitative estimate of drug-likeness (QED) is 0.787. The number of nitrogens with zero attached hydrogens (tertiary/aromatic N) is 3. The number of fused-ring (bicyclic) bond motifs is 4.